The van der Waals surface area contributed by atoms with Crippen molar-refractivity contribution in [1.82, 2.24) is 0 Å². The zero-order valence-corrected chi connectivity index (χ0v) is 9.83. The van der Waals surface area contributed by atoms with Gasteiger partial charge < -0.3 is 9.84 Å². The van der Waals surface area contributed by atoms with Crippen molar-refractivity contribution in [2.75, 3.05) is 6.61 Å². The van der Waals surface area contributed by atoms with Gasteiger partial charge in [-0.3, -0.25) is 4.79 Å². The van der Waals surface area contributed by atoms with E-state index in [1.807, 2.05) is 34.6 Å². The summed E-state index contributed by atoms with van der Waals surface area (Å²) >= 11 is 0. The van der Waals surface area contributed by atoms with Gasteiger partial charge in [-0.1, -0.05) is 13.8 Å². The molecule has 1 N–H and O–H groups in total. The van der Waals surface area contributed by atoms with E-state index in [-0.39, 0.29) is 18.5 Å². The standard InChI is InChI=1S/C11H22O3/c1-8(2)9(7-12)6-10(13)14-11(3,4)5/h8-9,12H,6-7H2,1-5H3. The SMILES string of the molecule is CC(C)C(CO)CC(=O)OC(C)(C)C. The van der Waals surface area contributed by atoms with Crippen LogP contribution in [0.25, 0.3) is 0 Å². The molecule has 0 aromatic heterocycles. The van der Waals surface area contributed by atoms with E-state index in [0.29, 0.717) is 12.3 Å². The molecule has 0 fully saturated rings. The summed E-state index contributed by atoms with van der Waals surface area (Å²) < 4.78 is 5.17. The minimum Gasteiger partial charge on any atom is -0.460 e. The fraction of sp³-hybridized carbons (Fsp3) is 0.909. The molecule has 0 amide bonds. The summed E-state index contributed by atoms with van der Waals surface area (Å²) in [7, 11) is 0. The summed E-state index contributed by atoms with van der Waals surface area (Å²) in [6.45, 7) is 9.55. The summed E-state index contributed by atoms with van der Waals surface area (Å²) in [6, 6.07) is 0. The average Bonchev–Trinajstić information content (AvgIpc) is 1.96. The van der Waals surface area contributed by atoms with Crippen molar-refractivity contribution in [3.8, 4) is 0 Å². The maximum absolute atomic E-state index is 11.4. The molecule has 0 spiro atoms. The van der Waals surface area contributed by atoms with E-state index >= 15 is 0 Å². The lowest BCUT2D eigenvalue weighted by atomic mass is 9.93. The summed E-state index contributed by atoms with van der Waals surface area (Å²) in [6.07, 6.45) is 0.297. The van der Waals surface area contributed by atoms with Gasteiger partial charge in [0.15, 0.2) is 0 Å². The molecule has 0 aromatic carbocycles. The van der Waals surface area contributed by atoms with Crippen LogP contribution in [-0.2, 0) is 9.53 Å². The van der Waals surface area contributed by atoms with Crippen molar-refractivity contribution in [3.63, 3.8) is 0 Å². The fourth-order valence-corrected chi connectivity index (χ4v) is 1.11. The molecule has 0 bridgehead atoms. The van der Waals surface area contributed by atoms with Crippen LogP contribution in [0.5, 0.6) is 0 Å². The maximum Gasteiger partial charge on any atom is 0.306 e. The first-order valence-electron chi connectivity index (χ1n) is 5.09. The molecule has 0 saturated carbocycles. The second-order valence-corrected chi connectivity index (χ2v) is 4.98. The Morgan fingerprint density at radius 2 is 1.86 bits per heavy atom. The highest BCUT2D eigenvalue weighted by atomic mass is 16.6. The number of esters is 1. The molecule has 0 aliphatic carbocycles. The molecule has 84 valence electrons. The Bertz CT molecular complexity index is 179. The van der Waals surface area contributed by atoms with Gasteiger partial charge in [-0.25, -0.2) is 0 Å². The van der Waals surface area contributed by atoms with Crippen LogP contribution in [0.2, 0.25) is 0 Å². The molecule has 0 radical (unpaired) electrons. The predicted octanol–water partition coefficient (Wildman–Crippen LogP) is 1.98. The first kappa shape index (κ1) is 13.4. The summed E-state index contributed by atoms with van der Waals surface area (Å²) in [5.41, 5.74) is -0.436. The average molecular weight is 202 g/mol. The lowest BCUT2D eigenvalue weighted by Gasteiger charge is -2.22. The summed E-state index contributed by atoms with van der Waals surface area (Å²) in [5.74, 6) is 0.0719. The fourth-order valence-electron chi connectivity index (χ4n) is 1.11. The minimum atomic E-state index is -0.436. The Labute approximate surface area is 86.5 Å². The lowest BCUT2D eigenvalue weighted by Crippen LogP contribution is -2.27. The van der Waals surface area contributed by atoms with Crippen molar-refractivity contribution >= 4 is 5.97 Å². The third-order valence-electron chi connectivity index (χ3n) is 2.03. The number of ether oxygens (including phenoxy) is 1. The smallest absolute Gasteiger partial charge is 0.306 e. The molecule has 1 atom stereocenters. The Kier molecular flexibility index (Phi) is 5.13. The first-order chi connectivity index (χ1) is 6.26. The molecule has 0 rings (SSSR count). The summed E-state index contributed by atoms with van der Waals surface area (Å²) in [5, 5.41) is 9.04. The predicted molar refractivity (Wildman–Crippen MR) is 55.9 cm³/mol. The van der Waals surface area contributed by atoms with E-state index < -0.39 is 5.60 Å². The molecule has 14 heavy (non-hydrogen) atoms. The van der Waals surface area contributed by atoms with Crippen LogP contribution >= 0.6 is 0 Å². The van der Waals surface area contributed by atoms with Gasteiger partial charge in [0.05, 0.1) is 6.42 Å². The molecule has 0 saturated heterocycles. The molecule has 0 aliphatic heterocycles. The largest absolute Gasteiger partial charge is 0.460 e. The molecular formula is C11H22O3. The molecular weight excluding hydrogens is 180 g/mol. The van der Waals surface area contributed by atoms with Gasteiger partial charge in [-0.2, -0.15) is 0 Å². The van der Waals surface area contributed by atoms with Crippen molar-refractivity contribution in [2.24, 2.45) is 11.8 Å². The van der Waals surface area contributed by atoms with Gasteiger partial charge in [0, 0.05) is 6.61 Å². The normalized spacial score (nSPS) is 14.2. The van der Waals surface area contributed by atoms with Crippen molar-refractivity contribution in [1.29, 1.82) is 0 Å². The van der Waals surface area contributed by atoms with Gasteiger partial charge >= 0.3 is 5.97 Å². The van der Waals surface area contributed by atoms with Crippen molar-refractivity contribution < 1.29 is 14.6 Å². The topological polar surface area (TPSA) is 46.5 Å². The number of carbonyl (C=O) groups excluding carboxylic acids is 1. The zero-order valence-electron chi connectivity index (χ0n) is 9.83. The quantitative estimate of drug-likeness (QED) is 0.709. The highest BCUT2D eigenvalue weighted by Gasteiger charge is 2.21. The number of hydrogen-bond acceptors (Lipinski definition) is 3. The van der Waals surface area contributed by atoms with Crippen LogP contribution in [0.1, 0.15) is 41.0 Å². The van der Waals surface area contributed by atoms with Gasteiger partial charge in [0.1, 0.15) is 5.60 Å². The van der Waals surface area contributed by atoms with Crippen LogP contribution in [-0.4, -0.2) is 23.3 Å². The van der Waals surface area contributed by atoms with Crippen LogP contribution < -0.4 is 0 Å². The van der Waals surface area contributed by atoms with E-state index in [9.17, 15) is 4.79 Å². The Balaban J connectivity index is 4.04. The van der Waals surface area contributed by atoms with Gasteiger partial charge in [-0.05, 0) is 32.6 Å². The molecule has 1 unspecified atom stereocenters. The molecule has 0 heterocycles. The van der Waals surface area contributed by atoms with E-state index in [4.69, 9.17) is 9.84 Å². The third-order valence-corrected chi connectivity index (χ3v) is 2.03. The van der Waals surface area contributed by atoms with Crippen LogP contribution in [0.4, 0.5) is 0 Å². The lowest BCUT2D eigenvalue weighted by molar-refractivity contribution is -0.156. The number of carbonyl (C=O) groups is 1. The van der Waals surface area contributed by atoms with E-state index in [1.54, 1.807) is 0 Å². The Morgan fingerprint density at radius 3 is 2.14 bits per heavy atom. The molecule has 0 aliphatic rings. The van der Waals surface area contributed by atoms with E-state index in [1.165, 1.54) is 0 Å². The maximum atomic E-state index is 11.4. The van der Waals surface area contributed by atoms with E-state index in [2.05, 4.69) is 0 Å². The van der Waals surface area contributed by atoms with Gasteiger partial charge in [0.25, 0.3) is 0 Å². The molecule has 3 heteroatoms. The van der Waals surface area contributed by atoms with Crippen molar-refractivity contribution in [3.05, 3.63) is 0 Å². The summed E-state index contributed by atoms with van der Waals surface area (Å²) in [4.78, 5) is 11.4. The molecule has 3 nitrogen and oxygen atoms in total. The zero-order chi connectivity index (χ0) is 11.4. The monoisotopic (exact) mass is 202 g/mol. The van der Waals surface area contributed by atoms with Crippen LogP contribution in [0, 0.1) is 11.8 Å². The highest BCUT2D eigenvalue weighted by molar-refractivity contribution is 5.70. The van der Waals surface area contributed by atoms with Gasteiger partial charge in [0.2, 0.25) is 0 Å². The van der Waals surface area contributed by atoms with E-state index in [0.717, 1.165) is 0 Å². The van der Waals surface area contributed by atoms with Crippen LogP contribution in [0.3, 0.4) is 0 Å². The second-order valence-electron chi connectivity index (χ2n) is 4.98. The first-order valence-corrected chi connectivity index (χ1v) is 5.09. The highest BCUT2D eigenvalue weighted by Crippen LogP contribution is 2.17. The molecule has 0 aromatic rings. The Morgan fingerprint density at radius 1 is 1.36 bits per heavy atom. The second kappa shape index (κ2) is 5.35. The number of hydrogen-bond donors (Lipinski definition) is 1. The minimum absolute atomic E-state index is 0.00449. The van der Waals surface area contributed by atoms with Crippen LogP contribution in [0.15, 0.2) is 0 Å². The number of rotatable bonds is 4. The third kappa shape index (κ3) is 5.97. The number of aliphatic hydroxyl groups excluding tert-OH is 1. The number of aliphatic hydroxyl groups is 1. The van der Waals surface area contributed by atoms with Crippen molar-refractivity contribution in [2.45, 2.75) is 46.6 Å². The Hall–Kier alpha value is -0.570. The van der Waals surface area contributed by atoms with Gasteiger partial charge in [-0.15, -0.1) is 0 Å².